The van der Waals surface area contributed by atoms with Gasteiger partial charge in [0.2, 0.25) is 5.91 Å². The second kappa shape index (κ2) is 5.59. The van der Waals surface area contributed by atoms with Gasteiger partial charge in [0.25, 0.3) is 5.91 Å². The van der Waals surface area contributed by atoms with Crippen molar-refractivity contribution in [3.63, 3.8) is 0 Å². The van der Waals surface area contributed by atoms with Crippen LogP contribution in [0.3, 0.4) is 0 Å². The van der Waals surface area contributed by atoms with Crippen LogP contribution in [0.2, 0.25) is 0 Å². The van der Waals surface area contributed by atoms with Gasteiger partial charge in [0.15, 0.2) is 0 Å². The van der Waals surface area contributed by atoms with Crippen molar-refractivity contribution >= 4 is 23.5 Å². The molecular formula is C17H19N3O4. The summed E-state index contributed by atoms with van der Waals surface area (Å²) < 4.78 is 5.27. The first kappa shape index (κ1) is 15.1. The smallest absolute Gasteiger partial charge is 0.327 e. The van der Waals surface area contributed by atoms with Gasteiger partial charge in [-0.3, -0.25) is 14.5 Å². The van der Waals surface area contributed by atoms with Crippen LogP contribution in [0.25, 0.3) is 0 Å². The first-order valence-corrected chi connectivity index (χ1v) is 8.12. The number of carbonyl (C=O) groups excluding carboxylic acids is 3. The van der Waals surface area contributed by atoms with E-state index in [0.717, 1.165) is 5.69 Å². The summed E-state index contributed by atoms with van der Waals surface area (Å²) in [5.41, 5.74) is 0.795. The van der Waals surface area contributed by atoms with E-state index in [0.29, 0.717) is 19.5 Å². The van der Waals surface area contributed by atoms with Crippen LogP contribution in [0.4, 0.5) is 10.5 Å². The highest BCUT2D eigenvalue weighted by Gasteiger charge is 2.54. The van der Waals surface area contributed by atoms with Gasteiger partial charge in [-0.15, -0.1) is 0 Å². The Hall–Kier alpha value is -2.41. The number of rotatable bonds is 3. The minimum Gasteiger partial charge on any atom is -0.380 e. The van der Waals surface area contributed by atoms with E-state index in [4.69, 9.17) is 4.74 Å². The molecule has 4 amide bonds. The minimum atomic E-state index is -0.441. The molecule has 1 aromatic carbocycles. The van der Waals surface area contributed by atoms with Crippen LogP contribution < -0.4 is 4.90 Å². The van der Waals surface area contributed by atoms with Crippen LogP contribution in [0.5, 0.6) is 0 Å². The van der Waals surface area contributed by atoms with Crippen molar-refractivity contribution in [2.45, 2.75) is 31.0 Å². The highest BCUT2D eigenvalue weighted by atomic mass is 16.5. The zero-order chi connectivity index (χ0) is 16.8. The largest absolute Gasteiger partial charge is 0.380 e. The van der Waals surface area contributed by atoms with Crippen LogP contribution in [0.1, 0.15) is 12.8 Å². The molecule has 0 spiro atoms. The van der Waals surface area contributed by atoms with E-state index in [9.17, 15) is 14.4 Å². The van der Waals surface area contributed by atoms with Crippen molar-refractivity contribution in [1.29, 1.82) is 0 Å². The minimum absolute atomic E-state index is 0.0615. The molecule has 3 fully saturated rings. The van der Waals surface area contributed by atoms with Gasteiger partial charge >= 0.3 is 6.03 Å². The molecule has 3 saturated heterocycles. The molecule has 0 bridgehead atoms. The molecule has 126 valence electrons. The van der Waals surface area contributed by atoms with Gasteiger partial charge in [-0.1, -0.05) is 18.2 Å². The van der Waals surface area contributed by atoms with Crippen LogP contribution in [-0.4, -0.2) is 66.0 Å². The van der Waals surface area contributed by atoms with E-state index in [1.54, 1.807) is 16.9 Å². The number of nitrogens with zero attached hydrogens (tertiary/aromatic N) is 3. The third-order valence-corrected chi connectivity index (χ3v) is 5.11. The van der Waals surface area contributed by atoms with Crippen LogP contribution in [-0.2, 0) is 14.3 Å². The number of hydrogen-bond acceptors (Lipinski definition) is 4. The Kier molecular flexibility index (Phi) is 3.53. The fraction of sp³-hybridized carbons (Fsp3) is 0.471. The lowest BCUT2D eigenvalue weighted by Crippen LogP contribution is -2.44. The Bertz CT molecular complexity index is 668. The standard InChI is InChI=1S/C17H19N3O4/c1-24-13-8-14-16(22)20(17(23)19(14)10-13)12-7-15(21)18(9-12)11-5-3-2-4-6-11/h2-6,12-14H,7-10H2,1H3/t12-,13+,14-/m0/s1. The second-order valence-corrected chi connectivity index (χ2v) is 6.45. The van der Waals surface area contributed by atoms with Crippen LogP contribution in [0, 0.1) is 0 Å². The third-order valence-electron chi connectivity index (χ3n) is 5.11. The van der Waals surface area contributed by atoms with Gasteiger partial charge in [-0.2, -0.15) is 0 Å². The molecule has 0 aliphatic carbocycles. The molecule has 7 nitrogen and oxygen atoms in total. The number of anilines is 1. The number of fused-ring (bicyclic) bond motifs is 1. The van der Waals surface area contributed by atoms with E-state index in [2.05, 4.69) is 0 Å². The molecule has 0 radical (unpaired) electrons. The Morgan fingerprint density at radius 3 is 2.50 bits per heavy atom. The molecule has 1 aromatic rings. The van der Waals surface area contributed by atoms with Crippen molar-refractivity contribution in [2.24, 2.45) is 0 Å². The first-order valence-electron chi connectivity index (χ1n) is 8.12. The molecule has 24 heavy (non-hydrogen) atoms. The average Bonchev–Trinajstić information content (AvgIpc) is 3.24. The maximum absolute atomic E-state index is 12.7. The van der Waals surface area contributed by atoms with E-state index >= 15 is 0 Å². The summed E-state index contributed by atoms with van der Waals surface area (Å²) in [7, 11) is 1.59. The summed E-state index contributed by atoms with van der Waals surface area (Å²) in [6, 6.07) is 8.19. The summed E-state index contributed by atoms with van der Waals surface area (Å²) in [6.07, 6.45) is 0.623. The molecule has 3 atom stereocenters. The van der Waals surface area contributed by atoms with Crippen molar-refractivity contribution in [1.82, 2.24) is 9.80 Å². The van der Waals surface area contributed by atoms with Gasteiger partial charge in [0.1, 0.15) is 6.04 Å². The molecule has 0 saturated carbocycles. The maximum Gasteiger partial charge on any atom is 0.327 e. The molecule has 3 aliphatic heterocycles. The zero-order valence-corrected chi connectivity index (χ0v) is 13.4. The number of imide groups is 1. The fourth-order valence-corrected chi connectivity index (χ4v) is 3.86. The molecule has 3 heterocycles. The van der Waals surface area contributed by atoms with Crippen molar-refractivity contribution in [3.8, 4) is 0 Å². The second-order valence-electron chi connectivity index (χ2n) is 6.45. The fourth-order valence-electron chi connectivity index (χ4n) is 3.86. The Balaban J connectivity index is 1.53. The maximum atomic E-state index is 12.7. The van der Waals surface area contributed by atoms with Gasteiger partial charge in [-0.25, -0.2) is 4.79 Å². The van der Waals surface area contributed by atoms with Crippen molar-refractivity contribution < 1.29 is 19.1 Å². The van der Waals surface area contributed by atoms with E-state index in [1.807, 2.05) is 30.3 Å². The third kappa shape index (κ3) is 2.19. The molecule has 0 aromatic heterocycles. The topological polar surface area (TPSA) is 70.2 Å². The lowest BCUT2D eigenvalue weighted by atomic mass is 10.1. The average molecular weight is 329 g/mol. The first-order chi connectivity index (χ1) is 11.6. The molecular weight excluding hydrogens is 310 g/mol. The van der Waals surface area contributed by atoms with Gasteiger partial charge in [-0.05, 0) is 12.1 Å². The number of ether oxygens (including phenoxy) is 1. The van der Waals surface area contributed by atoms with Gasteiger partial charge in [0, 0.05) is 38.7 Å². The zero-order valence-electron chi connectivity index (χ0n) is 13.4. The molecule has 7 heteroatoms. The SMILES string of the molecule is CO[C@@H]1C[C@H]2C(=O)N([C@H]3CC(=O)N(c4ccccc4)C3)C(=O)N2C1. The highest BCUT2D eigenvalue weighted by molar-refractivity contribution is 6.06. The summed E-state index contributed by atoms with van der Waals surface area (Å²) in [4.78, 5) is 42.2. The quantitative estimate of drug-likeness (QED) is 0.771. The molecule has 4 rings (SSSR count). The Labute approximate surface area is 139 Å². The number of methoxy groups -OCH3 is 1. The monoisotopic (exact) mass is 329 g/mol. The van der Waals surface area contributed by atoms with Crippen LogP contribution in [0.15, 0.2) is 30.3 Å². The van der Waals surface area contributed by atoms with Crippen LogP contribution >= 0.6 is 0 Å². The van der Waals surface area contributed by atoms with Crippen molar-refractivity contribution in [3.05, 3.63) is 30.3 Å². The predicted molar refractivity (Wildman–Crippen MR) is 85.4 cm³/mol. The lowest BCUT2D eigenvalue weighted by Gasteiger charge is -2.23. The number of carbonyl (C=O) groups is 3. The van der Waals surface area contributed by atoms with E-state index in [-0.39, 0.29) is 30.4 Å². The summed E-state index contributed by atoms with van der Waals surface area (Å²) in [6.45, 7) is 0.792. The normalized spacial score (nSPS) is 29.8. The summed E-state index contributed by atoms with van der Waals surface area (Å²) in [5.74, 6) is -0.263. The van der Waals surface area contributed by atoms with Gasteiger partial charge < -0.3 is 14.5 Å². The van der Waals surface area contributed by atoms with Gasteiger partial charge in [0.05, 0.1) is 12.1 Å². The molecule has 0 N–H and O–H groups in total. The molecule has 3 aliphatic rings. The Morgan fingerprint density at radius 1 is 1.08 bits per heavy atom. The number of amides is 4. The number of urea groups is 1. The predicted octanol–water partition coefficient (Wildman–Crippen LogP) is 0.843. The number of hydrogen-bond donors (Lipinski definition) is 0. The van der Waals surface area contributed by atoms with E-state index < -0.39 is 12.1 Å². The molecule has 0 unspecified atom stereocenters. The highest BCUT2D eigenvalue weighted by Crippen LogP contribution is 2.33. The number of benzene rings is 1. The summed E-state index contributed by atoms with van der Waals surface area (Å²) in [5, 5.41) is 0. The number of para-hydroxylation sites is 1. The van der Waals surface area contributed by atoms with Crippen molar-refractivity contribution in [2.75, 3.05) is 25.1 Å². The lowest BCUT2D eigenvalue weighted by molar-refractivity contribution is -0.129. The summed E-state index contributed by atoms with van der Waals surface area (Å²) >= 11 is 0. The van der Waals surface area contributed by atoms with E-state index in [1.165, 1.54) is 4.90 Å². The Morgan fingerprint density at radius 2 is 1.83 bits per heavy atom.